The molecule has 36 heavy (non-hydrogen) atoms. The molecule has 2 amide bonds. The van der Waals surface area contributed by atoms with Crippen LogP contribution in [-0.4, -0.2) is 72.3 Å². The van der Waals surface area contributed by atoms with Crippen molar-refractivity contribution in [1.29, 1.82) is 0 Å². The van der Waals surface area contributed by atoms with Gasteiger partial charge in [0.2, 0.25) is 15.9 Å². The van der Waals surface area contributed by atoms with E-state index in [1.807, 2.05) is 85.2 Å². The summed E-state index contributed by atoms with van der Waals surface area (Å²) in [4.78, 5) is 30.2. The van der Waals surface area contributed by atoms with Gasteiger partial charge in [-0.1, -0.05) is 61.9 Å². The lowest BCUT2D eigenvalue weighted by atomic mass is 10.0. The van der Waals surface area contributed by atoms with E-state index in [1.54, 1.807) is 6.92 Å². The zero-order chi connectivity index (χ0) is 26.3. The number of hydrogen-bond acceptors (Lipinski definition) is 4. The smallest absolute Gasteiger partial charge is 0.253 e. The molecule has 0 saturated carbocycles. The third-order valence-corrected chi connectivity index (χ3v) is 8.44. The summed E-state index contributed by atoms with van der Waals surface area (Å²) in [5.74, 6) is -0.120. The molecule has 196 valence electrons. The first-order valence-corrected chi connectivity index (χ1v) is 14.4. The van der Waals surface area contributed by atoms with E-state index in [1.165, 1.54) is 4.31 Å². The zero-order valence-electron chi connectivity index (χ0n) is 21.9. The highest BCUT2D eigenvalue weighted by molar-refractivity contribution is 7.89. The number of carbonyl (C=O) groups excluding carboxylic acids is 2. The fourth-order valence-corrected chi connectivity index (χ4v) is 5.76. The van der Waals surface area contributed by atoms with Gasteiger partial charge < -0.3 is 9.80 Å². The Labute approximate surface area is 216 Å². The van der Waals surface area contributed by atoms with Gasteiger partial charge in [-0.25, -0.2) is 8.42 Å². The molecule has 0 unspecified atom stereocenters. The van der Waals surface area contributed by atoms with Gasteiger partial charge in [0.1, 0.15) is 0 Å². The summed E-state index contributed by atoms with van der Waals surface area (Å²) < 4.78 is 26.8. The molecule has 7 nitrogen and oxygen atoms in total. The molecule has 0 atom stereocenters. The van der Waals surface area contributed by atoms with Gasteiger partial charge in [-0.2, -0.15) is 4.31 Å². The van der Waals surface area contributed by atoms with Crippen LogP contribution < -0.4 is 0 Å². The van der Waals surface area contributed by atoms with E-state index >= 15 is 0 Å². The maximum atomic E-state index is 13.6. The van der Waals surface area contributed by atoms with Gasteiger partial charge in [-0.3, -0.25) is 9.59 Å². The third kappa shape index (κ3) is 7.40. The molecule has 1 fully saturated rings. The summed E-state index contributed by atoms with van der Waals surface area (Å²) >= 11 is 0. The molecule has 0 aliphatic carbocycles. The summed E-state index contributed by atoms with van der Waals surface area (Å²) in [6.07, 6.45) is 1.31. The van der Waals surface area contributed by atoms with Crippen LogP contribution in [0.25, 0.3) is 0 Å². The van der Waals surface area contributed by atoms with E-state index in [9.17, 15) is 18.0 Å². The average Bonchev–Trinajstić information content (AvgIpc) is 2.88. The van der Waals surface area contributed by atoms with Crippen LogP contribution in [0.15, 0.2) is 54.6 Å². The van der Waals surface area contributed by atoms with E-state index in [4.69, 9.17) is 0 Å². The lowest BCUT2D eigenvalue weighted by Gasteiger charge is -2.39. The van der Waals surface area contributed by atoms with Crippen LogP contribution in [-0.2, 0) is 21.4 Å². The lowest BCUT2D eigenvalue weighted by Crippen LogP contribution is -2.51. The SMILES string of the molecule is CCS(=O)(=O)N(CC(=O)N(Cc1ccc(C)cc1)C1CCN(C(=O)c2ccccc2)CC1)CC(C)C. The highest BCUT2D eigenvalue weighted by Crippen LogP contribution is 2.22. The minimum absolute atomic E-state index is 0.00242. The number of likely N-dealkylation sites (tertiary alicyclic amines) is 1. The standard InChI is InChI=1S/C28H39N3O4S/c1-5-36(34,35)30(19-22(2)3)21-27(32)31(20-24-13-11-23(4)12-14-24)26-15-17-29(18-16-26)28(33)25-9-7-6-8-10-25/h6-14,22,26H,5,15-21H2,1-4H3. The lowest BCUT2D eigenvalue weighted by molar-refractivity contribution is -0.135. The number of amides is 2. The van der Waals surface area contributed by atoms with Crippen LogP contribution in [0.5, 0.6) is 0 Å². The quantitative estimate of drug-likeness (QED) is 0.482. The summed E-state index contributed by atoms with van der Waals surface area (Å²) in [6.45, 7) is 9.20. The van der Waals surface area contributed by atoms with Gasteiger partial charge in [0.25, 0.3) is 5.91 Å². The predicted molar refractivity (Wildman–Crippen MR) is 143 cm³/mol. The summed E-state index contributed by atoms with van der Waals surface area (Å²) in [5, 5.41) is 0. The van der Waals surface area contributed by atoms with E-state index in [-0.39, 0.29) is 36.1 Å². The monoisotopic (exact) mass is 513 g/mol. The number of piperidine rings is 1. The first-order chi connectivity index (χ1) is 17.1. The molecule has 2 aromatic carbocycles. The van der Waals surface area contributed by atoms with Gasteiger partial charge in [0, 0.05) is 37.8 Å². The Bertz CT molecular complexity index is 1110. The van der Waals surface area contributed by atoms with Gasteiger partial charge >= 0.3 is 0 Å². The van der Waals surface area contributed by atoms with Crippen molar-refractivity contribution < 1.29 is 18.0 Å². The van der Waals surface area contributed by atoms with Crippen molar-refractivity contribution in [2.45, 2.75) is 53.1 Å². The largest absolute Gasteiger partial charge is 0.338 e. The Hall–Kier alpha value is -2.71. The van der Waals surface area contributed by atoms with Crippen molar-refractivity contribution in [3.05, 3.63) is 71.3 Å². The summed E-state index contributed by atoms with van der Waals surface area (Å²) in [6, 6.07) is 17.2. The third-order valence-electron chi connectivity index (χ3n) is 6.65. The molecule has 0 bridgehead atoms. The minimum Gasteiger partial charge on any atom is -0.338 e. The van der Waals surface area contributed by atoms with E-state index in [0.29, 0.717) is 44.6 Å². The average molecular weight is 514 g/mol. The second-order valence-electron chi connectivity index (χ2n) is 9.98. The summed E-state index contributed by atoms with van der Waals surface area (Å²) in [5.41, 5.74) is 2.81. The fraction of sp³-hybridized carbons (Fsp3) is 0.500. The molecule has 0 radical (unpaired) electrons. The molecular weight excluding hydrogens is 474 g/mol. The Kier molecular flexibility index (Phi) is 9.68. The van der Waals surface area contributed by atoms with Crippen LogP contribution in [0.2, 0.25) is 0 Å². The molecule has 0 spiro atoms. The van der Waals surface area contributed by atoms with Crippen LogP contribution in [0.1, 0.15) is 55.1 Å². The number of hydrogen-bond donors (Lipinski definition) is 0. The fourth-order valence-electron chi connectivity index (χ4n) is 4.56. The van der Waals surface area contributed by atoms with Crippen LogP contribution in [0.3, 0.4) is 0 Å². The second-order valence-corrected chi connectivity index (χ2v) is 12.2. The maximum absolute atomic E-state index is 13.6. The Morgan fingerprint density at radius 1 is 1.00 bits per heavy atom. The molecule has 1 aliphatic rings. The topological polar surface area (TPSA) is 78.0 Å². The maximum Gasteiger partial charge on any atom is 0.253 e. The zero-order valence-corrected chi connectivity index (χ0v) is 22.7. The Morgan fingerprint density at radius 2 is 1.61 bits per heavy atom. The molecule has 8 heteroatoms. The van der Waals surface area contributed by atoms with Gasteiger partial charge in [-0.05, 0) is 50.3 Å². The van der Waals surface area contributed by atoms with Crippen molar-refractivity contribution in [3.63, 3.8) is 0 Å². The number of nitrogens with zero attached hydrogens (tertiary/aromatic N) is 3. The first-order valence-electron chi connectivity index (χ1n) is 12.8. The molecule has 1 aliphatic heterocycles. The predicted octanol–water partition coefficient (Wildman–Crippen LogP) is 3.94. The van der Waals surface area contributed by atoms with Crippen molar-refractivity contribution in [1.82, 2.24) is 14.1 Å². The minimum atomic E-state index is -3.51. The van der Waals surface area contributed by atoms with E-state index in [0.717, 1.165) is 11.1 Å². The van der Waals surface area contributed by atoms with Crippen molar-refractivity contribution in [2.75, 3.05) is 31.9 Å². The Balaban J connectivity index is 1.77. The van der Waals surface area contributed by atoms with Crippen molar-refractivity contribution in [3.8, 4) is 0 Å². The van der Waals surface area contributed by atoms with E-state index < -0.39 is 10.0 Å². The number of benzene rings is 2. The molecule has 1 heterocycles. The van der Waals surface area contributed by atoms with Gasteiger partial charge in [0.15, 0.2) is 0 Å². The van der Waals surface area contributed by atoms with E-state index in [2.05, 4.69) is 0 Å². The number of aryl methyl sites for hydroxylation is 1. The highest BCUT2D eigenvalue weighted by Gasteiger charge is 2.32. The highest BCUT2D eigenvalue weighted by atomic mass is 32.2. The molecule has 3 rings (SSSR count). The number of sulfonamides is 1. The van der Waals surface area contributed by atoms with Gasteiger partial charge in [0.05, 0.1) is 12.3 Å². The normalized spacial score (nSPS) is 14.9. The molecular formula is C28H39N3O4S. The van der Waals surface area contributed by atoms with Gasteiger partial charge in [-0.15, -0.1) is 0 Å². The van der Waals surface area contributed by atoms with Crippen molar-refractivity contribution in [2.24, 2.45) is 5.92 Å². The molecule has 0 N–H and O–H groups in total. The number of rotatable bonds is 10. The molecule has 0 aromatic heterocycles. The molecule has 2 aromatic rings. The van der Waals surface area contributed by atoms with Crippen LogP contribution >= 0.6 is 0 Å². The number of carbonyl (C=O) groups is 2. The first kappa shape index (κ1) is 27.9. The second kappa shape index (κ2) is 12.5. The van der Waals surface area contributed by atoms with Crippen LogP contribution in [0, 0.1) is 12.8 Å². The summed E-state index contributed by atoms with van der Waals surface area (Å²) in [7, 11) is -3.51. The Morgan fingerprint density at radius 3 is 2.17 bits per heavy atom. The molecule has 1 saturated heterocycles. The van der Waals surface area contributed by atoms with Crippen molar-refractivity contribution >= 4 is 21.8 Å². The van der Waals surface area contributed by atoms with Crippen LogP contribution in [0.4, 0.5) is 0 Å².